The SMILES string of the molecule is COc1ccc(/C=N\n2c(C)nc3sc4c(c3c2=O)CCCC4)cc1O. The molecule has 7 heteroatoms. The van der Waals surface area contributed by atoms with Crippen molar-refractivity contribution < 1.29 is 9.84 Å². The standard InChI is InChI=1S/C19H19N3O3S/c1-11-21-18-17(13-5-3-4-6-16(13)26-18)19(24)22(11)20-10-12-7-8-15(25-2)14(23)9-12/h7-10,23H,3-6H2,1-2H3/b20-10-. The maximum atomic E-state index is 13.0. The van der Waals surface area contributed by atoms with Crippen molar-refractivity contribution in [3.05, 3.63) is 50.4 Å². The fourth-order valence-electron chi connectivity index (χ4n) is 3.35. The maximum absolute atomic E-state index is 13.0. The summed E-state index contributed by atoms with van der Waals surface area (Å²) < 4.78 is 6.37. The van der Waals surface area contributed by atoms with E-state index in [-0.39, 0.29) is 11.3 Å². The van der Waals surface area contributed by atoms with Gasteiger partial charge in [-0.25, -0.2) is 4.98 Å². The number of aryl methyl sites for hydroxylation is 3. The summed E-state index contributed by atoms with van der Waals surface area (Å²) in [4.78, 5) is 19.7. The average molecular weight is 369 g/mol. The second kappa shape index (κ2) is 6.57. The molecule has 26 heavy (non-hydrogen) atoms. The molecule has 1 aromatic carbocycles. The predicted molar refractivity (Wildman–Crippen MR) is 103 cm³/mol. The number of rotatable bonds is 3. The van der Waals surface area contributed by atoms with Crippen molar-refractivity contribution in [2.45, 2.75) is 32.6 Å². The van der Waals surface area contributed by atoms with Gasteiger partial charge >= 0.3 is 0 Å². The second-order valence-corrected chi connectivity index (χ2v) is 7.43. The summed E-state index contributed by atoms with van der Waals surface area (Å²) in [5.41, 5.74) is 1.70. The highest BCUT2D eigenvalue weighted by molar-refractivity contribution is 7.18. The fraction of sp³-hybridized carbons (Fsp3) is 0.316. The lowest BCUT2D eigenvalue weighted by molar-refractivity contribution is 0.373. The van der Waals surface area contributed by atoms with Crippen LogP contribution in [0.5, 0.6) is 11.5 Å². The summed E-state index contributed by atoms with van der Waals surface area (Å²) in [6, 6.07) is 4.96. The number of phenolic OH excluding ortho intramolecular Hbond substituents is 1. The Morgan fingerprint density at radius 1 is 1.35 bits per heavy atom. The molecule has 0 saturated heterocycles. The Kier molecular flexibility index (Phi) is 4.24. The first-order valence-electron chi connectivity index (χ1n) is 8.53. The van der Waals surface area contributed by atoms with Crippen molar-refractivity contribution in [2.24, 2.45) is 5.10 Å². The molecule has 0 radical (unpaired) electrons. The van der Waals surface area contributed by atoms with Gasteiger partial charge in [-0.3, -0.25) is 4.79 Å². The minimum absolute atomic E-state index is 0.0287. The monoisotopic (exact) mass is 369 g/mol. The summed E-state index contributed by atoms with van der Waals surface area (Å²) in [6.45, 7) is 1.78. The van der Waals surface area contributed by atoms with Crippen molar-refractivity contribution in [3.63, 3.8) is 0 Å². The lowest BCUT2D eigenvalue weighted by Gasteiger charge is -2.10. The van der Waals surface area contributed by atoms with E-state index >= 15 is 0 Å². The minimum atomic E-state index is -0.124. The van der Waals surface area contributed by atoms with E-state index in [0.29, 0.717) is 22.5 Å². The van der Waals surface area contributed by atoms with E-state index < -0.39 is 0 Å². The minimum Gasteiger partial charge on any atom is -0.504 e. The molecule has 0 aliphatic heterocycles. The highest BCUT2D eigenvalue weighted by Crippen LogP contribution is 2.33. The number of benzene rings is 1. The van der Waals surface area contributed by atoms with Crippen molar-refractivity contribution >= 4 is 27.8 Å². The quantitative estimate of drug-likeness (QED) is 0.719. The summed E-state index contributed by atoms with van der Waals surface area (Å²) >= 11 is 1.63. The topological polar surface area (TPSA) is 76.7 Å². The van der Waals surface area contributed by atoms with Crippen molar-refractivity contribution in [3.8, 4) is 11.5 Å². The van der Waals surface area contributed by atoms with Gasteiger partial charge in [0.1, 0.15) is 10.7 Å². The van der Waals surface area contributed by atoms with Gasteiger partial charge in [-0.05, 0) is 61.9 Å². The third-order valence-corrected chi connectivity index (χ3v) is 5.84. The van der Waals surface area contributed by atoms with Gasteiger partial charge in [0.05, 0.1) is 18.7 Å². The number of methoxy groups -OCH3 is 1. The van der Waals surface area contributed by atoms with Gasteiger partial charge < -0.3 is 9.84 Å². The summed E-state index contributed by atoms with van der Waals surface area (Å²) in [6.07, 6.45) is 5.79. The molecular formula is C19H19N3O3S. The third-order valence-electron chi connectivity index (χ3n) is 4.65. The molecule has 1 N–H and O–H groups in total. The number of thiophene rings is 1. The first-order valence-corrected chi connectivity index (χ1v) is 9.35. The molecule has 3 aromatic rings. The van der Waals surface area contributed by atoms with E-state index in [1.807, 2.05) is 0 Å². The van der Waals surface area contributed by atoms with Crippen LogP contribution in [0.4, 0.5) is 0 Å². The fourth-order valence-corrected chi connectivity index (χ4v) is 4.64. The molecule has 1 aliphatic carbocycles. The zero-order valence-corrected chi connectivity index (χ0v) is 15.5. The van der Waals surface area contributed by atoms with E-state index in [4.69, 9.17) is 4.74 Å². The van der Waals surface area contributed by atoms with Crippen LogP contribution in [0.15, 0.2) is 28.1 Å². The number of nitrogens with zero attached hydrogens (tertiary/aromatic N) is 3. The van der Waals surface area contributed by atoms with Crippen LogP contribution >= 0.6 is 11.3 Å². The number of ether oxygens (including phenoxy) is 1. The van der Waals surface area contributed by atoms with Crippen LogP contribution in [0.1, 0.15) is 34.7 Å². The second-order valence-electron chi connectivity index (χ2n) is 6.34. The number of hydrogen-bond donors (Lipinski definition) is 1. The molecule has 0 fully saturated rings. The molecule has 0 bridgehead atoms. The summed E-state index contributed by atoms with van der Waals surface area (Å²) in [5.74, 6) is 0.972. The normalized spacial score (nSPS) is 14.1. The van der Waals surface area contributed by atoms with Crippen LogP contribution in [0, 0.1) is 6.92 Å². The highest BCUT2D eigenvalue weighted by Gasteiger charge is 2.21. The van der Waals surface area contributed by atoms with Gasteiger partial charge in [0.15, 0.2) is 11.5 Å². The van der Waals surface area contributed by atoms with Crippen molar-refractivity contribution in [1.29, 1.82) is 0 Å². The Balaban J connectivity index is 1.79. The molecule has 6 nitrogen and oxygen atoms in total. The van der Waals surface area contributed by atoms with Gasteiger partial charge in [0.2, 0.25) is 0 Å². The van der Waals surface area contributed by atoms with Gasteiger partial charge in [0.25, 0.3) is 5.56 Å². The van der Waals surface area contributed by atoms with Gasteiger partial charge in [-0.1, -0.05) is 0 Å². The molecule has 0 saturated carbocycles. The smallest absolute Gasteiger partial charge is 0.283 e. The number of phenols is 1. The van der Waals surface area contributed by atoms with Crippen LogP contribution in [-0.2, 0) is 12.8 Å². The Bertz CT molecular complexity index is 1080. The number of fused-ring (bicyclic) bond motifs is 3. The molecule has 0 atom stereocenters. The number of hydrogen-bond acceptors (Lipinski definition) is 6. The van der Waals surface area contributed by atoms with Crippen LogP contribution in [-0.4, -0.2) is 28.1 Å². The predicted octanol–water partition coefficient (Wildman–Crippen LogP) is 3.24. The maximum Gasteiger partial charge on any atom is 0.283 e. The summed E-state index contributed by atoms with van der Waals surface area (Å²) in [7, 11) is 1.49. The first-order chi connectivity index (χ1) is 12.6. The third kappa shape index (κ3) is 2.78. The Morgan fingerprint density at radius 3 is 2.92 bits per heavy atom. The van der Waals surface area contributed by atoms with E-state index in [1.165, 1.54) is 23.1 Å². The van der Waals surface area contributed by atoms with E-state index in [9.17, 15) is 9.90 Å². The molecule has 0 amide bonds. The zero-order chi connectivity index (χ0) is 18.3. The Morgan fingerprint density at radius 2 is 2.15 bits per heavy atom. The number of aromatic nitrogens is 2. The first kappa shape index (κ1) is 16.8. The molecule has 0 spiro atoms. The number of aromatic hydroxyl groups is 1. The highest BCUT2D eigenvalue weighted by atomic mass is 32.1. The Labute approximate surface area is 154 Å². The van der Waals surface area contributed by atoms with Gasteiger partial charge in [-0.2, -0.15) is 9.78 Å². The van der Waals surface area contributed by atoms with E-state index in [1.54, 1.807) is 42.7 Å². The van der Waals surface area contributed by atoms with Crippen molar-refractivity contribution in [2.75, 3.05) is 7.11 Å². The van der Waals surface area contributed by atoms with Crippen LogP contribution < -0.4 is 10.3 Å². The zero-order valence-electron chi connectivity index (χ0n) is 14.7. The molecule has 134 valence electrons. The molecular weight excluding hydrogens is 350 g/mol. The molecule has 0 unspecified atom stereocenters. The van der Waals surface area contributed by atoms with Gasteiger partial charge in [0, 0.05) is 4.88 Å². The Hall–Kier alpha value is -2.67. The molecule has 4 rings (SSSR count). The van der Waals surface area contributed by atoms with Crippen molar-refractivity contribution in [1.82, 2.24) is 9.66 Å². The van der Waals surface area contributed by atoms with E-state index in [2.05, 4.69) is 10.1 Å². The van der Waals surface area contributed by atoms with Gasteiger partial charge in [-0.15, -0.1) is 11.3 Å². The lowest BCUT2D eigenvalue weighted by atomic mass is 9.97. The lowest BCUT2D eigenvalue weighted by Crippen LogP contribution is -2.21. The average Bonchev–Trinajstić information content (AvgIpc) is 2.99. The summed E-state index contributed by atoms with van der Waals surface area (Å²) in [5, 5.41) is 14.9. The largest absolute Gasteiger partial charge is 0.504 e. The van der Waals surface area contributed by atoms with E-state index in [0.717, 1.165) is 29.7 Å². The van der Waals surface area contributed by atoms with Crippen LogP contribution in [0.3, 0.4) is 0 Å². The van der Waals surface area contributed by atoms with Crippen LogP contribution in [0.25, 0.3) is 10.2 Å². The molecule has 2 aromatic heterocycles. The van der Waals surface area contributed by atoms with Crippen LogP contribution in [0.2, 0.25) is 0 Å². The molecule has 2 heterocycles. The molecule has 1 aliphatic rings.